The first kappa shape index (κ1) is 20.7. The van der Waals surface area contributed by atoms with Crippen molar-refractivity contribution in [3.63, 3.8) is 0 Å². The number of para-hydroxylation sites is 1. The van der Waals surface area contributed by atoms with Crippen LogP contribution in [-0.2, 0) is 6.42 Å². The summed E-state index contributed by atoms with van der Waals surface area (Å²) in [6.45, 7) is 5.24. The third-order valence-electron chi connectivity index (χ3n) is 4.96. The van der Waals surface area contributed by atoms with Gasteiger partial charge in [-0.3, -0.25) is 4.98 Å². The van der Waals surface area contributed by atoms with Crippen molar-refractivity contribution < 1.29 is 14.2 Å². The van der Waals surface area contributed by atoms with E-state index >= 15 is 0 Å². The van der Waals surface area contributed by atoms with Crippen LogP contribution in [0.25, 0.3) is 10.9 Å². The van der Waals surface area contributed by atoms with E-state index in [-0.39, 0.29) is 0 Å². The molecule has 0 N–H and O–H groups in total. The van der Waals surface area contributed by atoms with Gasteiger partial charge in [-0.15, -0.1) is 0 Å². The largest absolute Gasteiger partial charge is 0.490 e. The predicted octanol–water partition coefficient (Wildman–Crippen LogP) is 6.81. The summed E-state index contributed by atoms with van der Waals surface area (Å²) >= 11 is 0. The maximum atomic E-state index is 6.41. The fourth-order valence-electron chi connectivity index (χ4n) is 3.49. The molecule has 0 fully saturated rings. The van der Waals surface area contributed by atoms with Gasteiger partial charge >= 0.3 is 0 Å². The van der Waals surface area contributed by atoms with Crippen LogP contribution in [-0.4, -0.2) is 18.2 Å². The Morgan fingerprint density at radius 2 is 1.52 bits per heavy atom. The average Bonchev–Trinajstić information content (AvgIpc) is 2.80. The summed E-state index contributed by atoms with van der Waals surface area (Å²) < 4.78 is 18.1. The topological polar surface area (TPSA) is 40.6 Å². The van der Waals surface area contributed by atoms with Gasteiger partial charge in [0.25, 0.3) is 0 Å². The molecule has 0 amide bonds. The van der Waals surface area contributed by atoms with Gasteiger partial charge < -0.3 is 14.2 Å². The Bertz CT molecular complexity index is 1140. The summed E-state index contributed by atoms with van der Waals surface area (Å²) in [5.74, 6) is 3.00. The van der Waals surface area contributed by atoms with Crippen LogP contribution in [0.1, 0.15) is 31.4 Å². The highest BCUT2D eigenvalue weighted by Crippen LogP contribution is 2.38. The Hall–Kier alpha value is -3.53. The number of fused-ring (bicyclic) bond motifs is 1. The molecule has 0 bridgehead atoms. The minimum atomic E-state index is 0.560. The van der Waals surface area contributed by atoms with Crippen LogP contribution in [0.3, 0.4) is 0 Å². The summed E-state index contributed by atoms with van der Waals surface area (Å²) in [7, 11) is 0. The molecule has 1 heterocycles. The zero-order valence-corrected chi connectivity index (χ0v) is 18.0. The molecule has 4 heteroatoms. The van der Waals surface area contributed by atoms with E-state index in [0.717, 1.165) is 40.8 Å². The van der Waals surface area contributed by atoms with Gasteiger partial charge in [0, 0.05) is 24.1 Å². The van der Waals surface area contributed by atoms with Gasteiger partial charge in [0.1, 0.15) is 11.5 Å². The molecule has 1 aromatic heterocycles. The number of hydrogen-bond acceptors (Lipinski definition) is 4. The van der Waals surface area contributed by atoms with E-state index in [1.807, 2.05) is 49.4 Å². The van der Waals surface area contributed by atoms with Crippen molar-refractivity contribution in [1.29, 1.82) is 0 Å². The molecule has 3 aromatic carbocycles. The van der Waals surface area contributed by atoms with E-state index in [1.54, 1.807) is 6.20 Å². The number of pyridine rings is 1. The van der Waals surface area contributed by atoms with Crippen molar-refractivity contribution in [3.8, 4) is 23.0 Å². The molecule has 0 saturated carbocycles. The summed E-state index contributed by atoms with van der Waals surface area (Å²) in [6, 6.07) is 24.3. The van der Waals surface area contributed by atoms with Crippen LogP contribution >= 0.6 is 0 Å². The molecule has 4 aromatic rings. The van der Waals surface area contributed by atoms with E-state index < -0.39 is 0 Å². The normalized spacial score (nSPS) is 10.8. The second-order valence-corrected chi connectivity index (χ2v) is 7.28. The molecule has 0 aliphatic rings. The Balaban J connectivity index is 1.70. The first-order chi connectivity index (χ1) is 15.3. The zero-order valence-electron chi connectivity index (χ0n) is 18.0. The van der Waals surface area contributed by atoms with Crippen LogP contribution in [0.4, 0.5) is 0 Å². The van der Waals surface area contributed by atoms with Crippen molar-refractivity contribution in [2.45, 2.75) is 26.7 Å². The monoisotopic (exact) mass is 413 g/mol. The third-order valence-corrected chi connectivity index (χ3v) is 4.96. The van der Waals surface area contributed by atoms with E-state index in [9.17, 15) is 0 Å². The second-order valence-electron chi connectivity index (χ2n) is 7.28. The number of nitrogens with zero attached hydrogens (tertiary/aromatic N) is 1. The number of rotatable bonds is 9. The first-order valence-corrected chi connectivity index (χ1v) is 10.8. The fourth-order valence-corrected chi connectivity index (χ4v) is 3.49. The van der Waals surface area contributed by atoms with Crippen LogP contribution in [0, 0.1) is 0 Å². The molecule has 0 radical (unpaired) electrons. The molecular formula is C27H27NO3. The molecule has 158 valence electrons. The number of benzene rings is 3. The molecule has 0 atom stereocenters. The number of ether oxygens (including phenoxy) is 3. The predicted molar refractivity (Wildman–Crippen MR) is 124 cm³/mol. The van der Waals surface area contributed by atoms with E-state index in [1.165, 1.54) is 5.56 Å². The van der Waals surface area contributed by atoms with Gasteiger partial charge in [-0.05, 0) is 42.7 Å². The quantitative estimate of drug-likeness (QED) is 0.302. The van der Waals surface area contributed by atoms with Crippen molar-refractivity contribution in [3.05, 3.63) is 90.1 Å². The van der Waals surface area contributed by atoms with E-state index in [2.05, 4.69) is 42.2 Å². The molecule has 4 nitrogen and oxygen atoms in total. The summed E-state index contributed by atoms with van der Waals surface area (Å²) in [5, 5.41) is 0.893. The lowest BCUT2D eigenvalue weighted by atomic mass is 10.0. The van der Waals surface area contributed by atoms with Crippen LogP contribution < -0.4 is 14.2 Å². The van der Waals surface area contributed by atoms with Gasteiger partial charge in [0.2, 0.25) is 0 Å². The average molecular weight is 414 g/mol. The molecular weight excluding hydrogens is 386 g/mol. The summed E-state index contributed by atoms with van der Waals surface area (Å²) in [5.41, 5.74) is 3.19. The van der Waals surface area contributed by atoms with Crippen LogP contribution in [0.15, 0.2) is 79.0 Å². The van der Waals surface area contributed by atoms with Crippen molar-refractivity contribution in [1.82, 2.24) is 4.98 Å². The third kappa shape index (κ3) is 4.97. The van der Waals surface area contributed by atoms with Crippen molar-refractivity contribution >= 4 is 10.9 Å². The highest BCUT2D eigenvalue weighted by Gasteiger charge is 2.14. The molecule has 0 unspecified atom stereocenters. The number of hydrogen-bond donors (Lipinski definition) is 0. The Morgan fingerprint density at radius 3 is 2.32 bits per heavy atom. The van der Waals surface area contributed by atoms with Gasteiger partial charge in [-0.25, -0.2) is 0 Å². The van der Waals surface area contributed by atoms with Gasteiger partial charge in [-0.2, -0.15) is 0 Å². The first-order valence-electron chi connectivity index (χ1n) is 10.8. The lowest BCUT2D eigenvalue weighted by Crippen LogP contribution is -2.01. The highest BCUT2D eigenvalue weighted by atomic mass is 16.5. The molecule has 0 saturated heterocycles. The summed E-state index contributed by atoms with van der Waals surface area (Å²) in [6.07, 6.45) is 3.50. The van der Waals surface area contributed by atoms with Crippen molar-refractivity contribution in [2.75, 3.05) is 13.2 Å². The maximum Gasteiger partial charge on any atom is 0.163 e. The lowest BCUT2D eigenvalue weighted by Gasteiger charge is -2.16. The van der Waals surface area contributed by atoms with Gasteiger partial charge in [0.05, 0.1) is 18.7 Å². The standard InChI is InChI=1S/C27H27NO3/c1-3-16-30-27-19-23-22(18-26(27)29-4-2)25(14-15-28-23)31-24-13-9-8-12-21(24)17-20-10-6-5-7-11-20/h5-15,18-19H,3-4,16-17H2,1-2H3. The SMILES string of the molecule is CCCOc1cc2nccc(Oc3ccccc3Cc3ccccc3)c2cc1OCC. The fraction of sp³-hybridized carbons (Fsp3) is 0.222. The van der Waals surface area contributed by atoms with Gasteiger partial charge in [0.15, 0.2) is 11.5 Å². The minimum absolute atomic E-state index is 0.560. The molecule has 0 spiro atoms. The lowest BCUT2D eigenvalue weighted by molar-refractivity contribution is 0.277. The summed E-state index contributed by atoms with van der Waals surface area (Å²) in [4.78, 5) is 4.53. The second kappa shape index (κ2) is 9.98. The highest BCUT2D eigenvalue weighted by molar-refractivity contribution is 5.88. The Kier molecular flexibility index (Phi) is 6.68. The van der Waals surface area contributed by atoms with Gasteiger partial charge in [-0.1, -0.05) is 55.5 Å². The minimum Gasteiger partial charge on any atom is -0.490 e. The van der Waals surface area contributed by atoms with Crippen LogP contribution in [0.2, 0.25) is 0 Å². The van der Waals surface area contributed by atoms with E-state index in [0.29, 0.717) is 24.7 Å². The zero-order chi connectivity index (χ0) is 21.5. The molecule has 0 aliphatic carbocycles. The molecule has 0 aliphatic heterocycles. The molecule has 31 heavy (non-hydrogen) atoms. The number of aromatic nitrogens is 1. The Morgan fingerprint density at radius 1 is 0.742 bits per heavy atom. The van der Waals surface area contributed by atoms with Crippen molar-refractivity contribution in [2.24, 2.45) is 0 Å². The smallest absolute Gasteiger partial charge is 0.163 e. The Labute approximate surface area is 183 Å². The van der Waals surface area contributed by atoms with E-state index in [4.69, 9.17) is 14.2 Å². The molecule has 4 rings (SSSR count). The maximum absolute atomic E-state index is 6.41. The van der Waals surface area contributed by atoms with Crippen LogP contribution in [0.5, 0.6) is 23.0 Å².